The van der Waals surface area contributed by atoms with Crippen molar-refractivity contribution in [3.8, 4) is 0 Å². The first-order valence-corrected chi connectivity index (χ1v) is 7.47. The highest BCUT2D eigenvalue weighted by Crippen LogP contribution is 2.22. The number of amides is 2. The van der Waals surface area contributed by atoms with Crippen LogP contribution in [0.4, 0.5) is 4.79 Å². The van der Waals surface area contributed by atoms with E-state index in [2.05, 4.69) is 13.8 Å². The van der Waals surface area contributed by atoms with Crippen molar-refractivity contribution in [2.75, 3.05) is 39.3 Å². The van der Waals surface area contributed by atoms with E-state index in [1.54, 1.807) is 0 Å². The molecule has 2 amide bonds. The summed E-state index contributed by atoms with van der Waals surface area (Å²) in [6.45, 7) is 7.77. The molecule has 2 heterocycles. The Kier molecular flexibility index (Phi) is 4.86. The predicted molar refractivity (Wildman–Crippen MR) is 75.6 cm³/mol. The normalized spacial score (nSPS) is 28.5. The third-order valence-electron chi connectivity index (χ3n) is 4.37. The molecule has 6 heteroatoms. The van der Waals surface area contributed by atoms with Crippen LogP contribution in [-0.2, 0) is 4.79 Å². The van der Waals surface area contributed by atoms with E-state index >= 15 is 0 Å². The standard InChI is InChI=1S/C14H25N3O3/c1-11-3-4-12(2)17(9-11)14(20)16-7-5-15(6-8-16)10-13(18)19/h11-12H,3-10H2,1-2H3,(H,18,19). The van der Waals surface area contributed by atoms with Crippen molar-refractivity contribution in [3.63, 3.8) is 0 Å². The average molecular weight is 283 g/mol. The zero-order valence-corrected chi connectivity index (χ0v) is 12.4. The molecule has 2 atom stereocenters. The van der Waals surface area contributed by atoms with E-state index in [0.717, 1.165) is 13.0 Å². The summed E-state index contributed by atoms with van der Waals surface area (Å²) in [5.41, 5.74) is 0. The molecule has 0 saturated carbocycles. The molecular weight excluding hydrogens is 258 g/mol. The second-order valence-corrected chi connectivity index (χ2v) is 6.12. The Morgan fingerprint density at radius 3 is 2.35 bits per heavy atom. The quantitative estimate of drug-likeness (QED) is 0.819. The monoisotopic (exact) mass is 283 g/mol. The van der Waals surface area contributed by atoms with Crippen LogP contribution in [-0.4, -0.2) is 77.1 Å². The highest BCUT2D eigenvalue weighted by molar-refractivity contribution is 5.75. The maximum absolute atomic E-state index is 12.6. The first-order chi connectivity index (χ1) is 9.47. The molecule has 2 aliphatic heterocycles. The van der Waals surface area contributed by atoms with Crippen molar-refractivity contribution in [2.45, 2.75) is 32.7 Å². The number of piperazine rings is 1. The number of hydrogen-bond acceptors (Lipinski definition) is 3. The number of aliphatic carboxylic acids is 1. The van der Waals surface area contributed by atoms with Crippen LogP contribution in [0.1, 0.15) is 26.7 Å². The minimum atomic E-state index is -0.803. The third-order valence-corrected chi connectivity index (χ3v) is 4.37. The fraction of sp³-hybridized carbons (Fsp3) is 0.857. The predicted octanol–water partition coefficient (Wildman–Crippen LogP) is 0.929. The lowest BCUT2D eigenvalue weighted by atomic mass is 9.95. The molecule has 0 spiro atoms. The van der Waals surface area contributed by atoms with Gasteiger partial charge in [0.1, 0.15) is 0 Å². The van der Waals surface area contributed by atoms with Crippen molar-refractivity contribution in [2.24, 2.45) is 5.92 Å². The molecule has 0 radical (unpaired) electrons. The van der Waals surface area contributed by atoms with Crippen LogP contribution < -0.4 is 0 Å². The second-order valence-electron chi connectivity index (χ2n) is 6.12. The van der Waals surface area contributed by atoms with Crippen molar-refractivity contribution >= 4 is 12.0 Å². The number of urea groups is 1. The summed E-state index contributed by atoms with van der Waals surface area (Å²) in [7, 11) is 0. The van der Waals surface area contributed by atoms with Gasteiger partial charge in [-0.05, 0) is 25.7 Å². The van der Waals surface area contributed by atoms with Crippen molar-refractivity contribution in [1.82, 2.24) is 14.7 Å². The Bertz CT molecular complexity index is 367. The van der Waals surface area contributed by atoms with Gasteiger partial charge >= 0.3 is 12.0 Å². The maximum atomic E-state index is 12.6. The summed E-state index contributed by atoms with van der Waals surface area (Å²) in [4.78, 5) is 29.0. The number of likely N-dealkylation sites (tertiary alicyclic amines) is 1. The number of hydrogen-bond donors (Lipinski definition) is 1. The van der Waals surface area contributed by atoms with E-state index in [0.29, 0.717) is 38.1 Å². The van der Waals surface area contributed by atoms with Gasteiger partial charge in [0.05, 0.1) is 6.54 Å². The Hall–Kier alpha value is -1.30. The van der Waals surface area contributed by atoms with Crippen molar-refractivity contribution in [3.05, 3.63) is 0 Å². The van der Waals surface area contributed by atoms with Gasteiger partial charge in [-0.2, -0.15) is 0 Å². The molecule has 114 valence electrons. The Labute approximate surface area is 120 Å². The molecule has 2 unspecified atom stereocenters. The number of rotatable bonds is 2. The molecule has 2 rings (SSSR count). The van der Waals surface area contributed by atoms with Gasteiger partial charge in [0.15, 0.2) is 0 Å². The summed E-state index contributed by atoms with van der Waals surface area (Å²) in [5, 5.41) is 8.78. The van der Waals surface area contributed by atoms with E-state index in [-0.39, 0.29) is 12.6 Å². The number of carboxylic acid groups (broad SMARTS) is 1. The minimum Gasteiger partial charge on any atom is -0.480 e. The minimum absolute atomic E-state index is 0.0686. The molecule has 2 fully saturated rings. The maximum Gasteiger partial charge on any atom is 0.320 e. The van der Waals surface area contributed by atoms with Gasteiger partial charge in [-0.25, -0.2) is 4.79 Å². The van der Waals surface area contributed by atoms with Crippen LogP contribution in [0.5, 0.6) is 0 Å². The first-order valence-electron chi connectivity index (χ1n) is 7.47. The highest BCUT2D eigenvalue weighted by Gasteiger charge is 2.31. The van der Waals surface area contributed by atoms with Crippen LogP contribution in [0.3, 0.4) is 0 Å². The molecule has 20 heavy (non-hydrogen) atoms. The Morgan fingerprint density at radius 1 is 1.10 bits per heavy atom. The van der Waals surface area contributed by atoms with Gasteiger partial charge in [-0.15, -0.1) is 0 Å². The fourth-order valence-electron chi connectivity index (χ4n) is 3.03. The van der Waals surface area contributed by atoms with E-state index in [4.69, 9.17) is 5.11 Å². The lowest BCUT2D eigenvalue weighted by molar-refractivity contribution is -0.138. The van der Waals surface area contributed by atoms with Crippen LogP contribution in [0.15, 0.2) is 0 Å². The third kappa shape index (κ3) is 3.62. The lowest BCUT2D eigenvalue weighted by Crippen LogP contribution is -2.56. The zero-order chi connectivity index (χ0) is 14.7. The average Bonchev–Trinajstić information content (AvgIpc) is 2.41. The number of carbonyl (C=O) groups is 2. The van der Waals surface area contributed by atoms with Crippen LogP contribution in [0, 0.1) is 5.92 Å². The van der Waals surface area contributed by atoms with E-state index in [1.807, 2.05) is 14.7 Å². The van der Waals surface area contributed by atoms with Crippen LogP contribution >= 0.6 is 0 Å². The molecule has 0 aromatic rings. The van der Waals surface area contributed by atoms with Gasteiger partial charge in [-0.1, -0.05) is 6.92 Å². The number of carboxylic acids is 1. The van der Waals surface area contributed by atoms with Gasteiger partial charge in [0.2, 0.25) is 0 Å². The zero-order valence-electron chi connectivity index (χ0n) is 12.4. The smallest absolute Gasteiger partial charge is 0.320 e. The molecular formula is C14H25N3O3. The van der Waals surface area contributed by atoms with E-state index in [1.165, 1.54) is 6.42 Å². The molecule has 2 saturated heterocycles. The molecule has 6 nitrogen and oxygen atoms in total. The Morgan fingerprint density at radius 2 is 1.75 bits per heavy atom. The summed E-state index contributed by atoms with van der Waals surface area (Å²) in [6.07, 6.45) is 2.27. The first kappa shape index (κ1) is 15.1. The fourth-order valence-corrected chi connectivity index (χ4v) is 3.03. The van der Waals surface area contributed by atoms with E-state index in [9.17, 15) is 9.59 Å². The topological polar surface area (TPSA) is 64.1 Å². The van der Waals surface area contributed by atoms with E-state index < -0.39 is 5.97 Å². The summed E-state index contributed by atoms with van der Waals surface area (Å²) in [5.74, 6) is -0.230. The number of carbonyl (C=O) groups excluding carboxylic acids is 1. The van der Waals surface area contributed by atoms with Crippen molar-refractivity contribution in [1.29, 1.82) is 0 Å². The molecule has 0 aliphatic carbocycles. The Balaban J connectivity index is 1.86. The van der Waals surface area contributed by atoms with Crippen LogP contribution in [0.25, 0.3) is 0 Å². The van der Waals surface area contributed by atoms with Gasteiger partial charge in [-0.3, -0.25) is 9.69 Å². The summed E-state index contributed by atoms with van der Waals surface area (Å²) >= 11 is 0. The number of piperidine rings is 1. The molecule has 2 aliphatic rings. The molecule has 0 aromatic heterocycles. The largest absolute Gasteiger partial charge is 0.480 e. The van der Waals surface area contributed by atoms with Gasteiger partial charge in [0, 0.05) is 38.8 Å². The SMILES string of the molecule is CC1CCC(C)N(C(=O)N2CCN(CC(=O)O)CC2)C1. The van der Waals surface area contributed by atoms with Gasteiger partial charge < -0.3 is 14.9 Å². The molecule has 1 N–H and O–H groups in total. The number of nitrogens with zero attached hydrogens (tertiary/aromatic N) is 3. The van der Waals surface area contributed by atoms with Gasteiger partial charge in [0.25, 0.3) is 0 Å². The van der Waals surface area contributed by atoms with Crippen molar-refractivity contribution < 1.29 is 14.7 Å². The molecule has 0 aromatic carbocycles. The second kappa shape index (κ2) is 6.43. The van der Waals surface area contributed by atoms with Crippen LogP contribution in [0.2, 0.25) is 0 Å². The lowest BCUT2D eigenvalue weighted by Gasteiger charge is -2.42. The highest BCUT2D eigenvalue weighted by atomic mass is 16.4. The summed E-state index contributed by atoms with van der Waals surface area (Å²) < 4.78 is 0. The summed E-state index contributed by atoms with van der Waals surface area (Å²) in [6, 6.07) is 0.440. The molecule has 0 bridgehead atoms.